The van der Waals surface area contributed by atoms with Crippen molar-refractivity contribution < 1.29 is 52.7 Å². The second kappa shape index (κ2) is 9.76. The van der Waals surface area contributed by atoms with Gasteiger partial charge in [-0.15, -0.1) is 0 Å². The second-order valence-corrected chi connectivity index (χ2v) is 6.52. The molecule has 13 heteroatoms. The smallest absolute Gasteiger partial charge is 0.471 e. The number of nitrogens with one attached hydrogen (secondary N) is 2. The lowest BCUT2D eigenvalue weighted by molar-refractivity contribution is -0.177. The number of carbonyl (C=O) groups is 3. The number of carboxylic acids is 1. The number of alkyl halides is 3. The molecule has 5 atom stereocenters. The van der Waals surface area contributed by atoms with Gasteiger partial charge in [0.25, 0.3) is 5.91 Å². The molecule has 1 aliphatic rings. The minimum absolute atomic E-state index is 0.0765. The quantitative estimate of drug-likeness (QED) is 0.306. The maximum Gasteiger partial charge on any atom is 0.471 e. The first-order valence-corrected chi connectivity index (χ1v) is 8.78. The Bertz CT molecular complexity index is 846. The van der Waals surface area contributed by atoms with Crippen LogP contribution in [0, 0.1) is 0 Å². The van der Waals surface area contributed by atoms with Gasteiger partial charge in [0.2, 0.25) is 5.76 Å². The zero-order valence-electron chi connectivity index (χ0n) is 15.6. The van der Waals surface area contributed by atoms with E-state index in [4.69, 9.17) is 9.84 Å². The molecule has 0 aliphatic carbocycles. The van der Waals surface area contributed by atoms with Gasteiger partial charge in [-0.1, -0.05) is 18.2 Å². The van der Waals surface area contributed by atoms with Crippen molar-refractivity contribution in [2.45, 2.75) is 36.6 Å². The number of aliphatic hydroxyl groups is 3. The van der Waals surface area contributed by atoms with E-state index >= 15 is 0 Å². The molecule has 1 aromatic carbocycles. The highest BCUT2D eigenvalue weighted by molar-refractivity contribution is 5.95. The summed E-state index contributed by atoms with van der Waals surface area (Å²) in [5.74, 6) is -5.82. The van der Waals surface area contributed by atoms with Crippen molar-refractivity contribution in [2.24, 2.45) is 0 Å². The van der Waals surface area contributed by atoms with Gasteiger partial charge in [-0.2, -0.15) is 13.2 Å². The van der Waals surface area contributed by atoms with E-state index in [9.17, 15) is 42.9 Å². The maximum absolute atomic E-state index is 12.8. The summed E-state index contributed by atoms with van der Waals surface area (Å²) in [5, 5.41) is 42.0. The fourth-order valence-corrected chi connectivity index (χ4v) is 2.82. The molecule has 1 heterocycles. The summed E-state index contributed by atoms with van der Waals surface area (Å²) in [5.41, 5.74) is 0.0765. The summed E-state index contributed by atoms with van der Waals surface area (Å²) in [7, 11) is 0. The zero-order valence-corrected chi connectivity index (χ0v) is 15.6. The van der Waals surface area contributed by atoms with E-state index in [2.05, 4.69) is 5.32 Å². The minimum Gasteiger partial charge on any atom is -0.478 e. The van der Waals surface area contributed by atoms with E-state index in [-0.39, 0.29) is 5.56 Å². The van der Waals surface area contributed by atoms with Crippen LogP contribution >= 0.6 is 0 Å². The third-order valence-electron chi connectivity index (χ3n) is 4.35. The molecule has 0 unspecified atom stereocenters. The highest BCUT2D eigenvalue weighted by Gasteiger charge is 2.48. The molecule has 1 aromatic rings. The summed E-state index contributed by atoms with van der Waals surface area (Å²) < 4.78 is 43.4. The number of hydrogen-bond acceptors (Lipinski definition) is 7. The number of aliphatic hydroxyl groups excluding tert-OH is 3. The summed E-state index contributed by atoms with van der Waals surface area (Å²) in [6, 6.07) is 3.91. The Morgan fingerprint density at radius 1 is 1.10 bits per heavy atom. The third-order valence-corrected chi connectivity index (χ3v) is 4.35. The molecule has 10 nitrogen and oxygen atoms in total. The highest BCUT2D eigenvalue weighted by atomic mass is 19.4. The molecule has 0 spiro atoms. The first kappa shape index (κ1) is 24.1. The molecule has 31 heavy (non-hydrogen) atoms. The van der Waals surface area contributed by atoms with Gasteiger partial charge >= 0.3 is 18.1 Å². The average molecular weight is 448 g/mol. The van der Waals surface area contributed by atoms with Gasteiger partial charge < -0.3 is 35.8 Å². The Kier molecular flexibility index (Phi) is 7.60. The lowest BCUT2D eigenvalue weighted by atomic mass is 9.91. The Labute approximate surface area is 172 Å². The summed E-state index contributed by atoms with van der Waals surface area (Å²) in [4.78, 5) is 35.4. The molecule has 0 aromatic heterocycles. The zero-order chi connectivity index (χ0) is 23.3. The predicted octanol–water partition coefficient (Wildman–Crippen LogP) is -1.09. The molecule has 6 N–H and O–H groups in total. The van der Waals surface area contributed by atoms with E-state index in [1.165, 1.54) is 24.3 Å². The van der Waals surface area contributed by atoms with E-state index in [0.717, 1.165) is 6.08 Å². The standard InChI is InChI=1S/C18H19F3N2O8/c19-18(20,21)17(30)23-12-9(22-15(27)8-4-2-1-3-5-8)6-11(16(28)29)31-14(12)13(26)10(25)7-24/h1-6,9-10,12-14,24-26H,7H2,(H,22,27)(H,23,30)(H,28,29)/t9-,10+,12+,13+,14+/m0/s1. The molecule has 0 saturated heterocycles. The molecule has 0 radical (unpaired) electrons. The second-order valence-electron chi connectivity index (χ2n) is 6.52. The maximum atomic E-state index is 12.8. The van der Waals surface area contributed by atoms with Crippen molar-refractivity contribution in [3.05, 3.63) is 47.7 Å². The van der Waals surface area contributed by atoms with Crippen LogP contribution in [-0.2, 0) is 14.3 Å². The summed E-state index contributed by atoms with van der Waals surface area (Å²) in [6.45, 7) is -1.05. The Hall–Kier alpha value is -3.16. The van der Waals surface area contributed by atoms with Crippen molar-refractivity contribution in [2.75, 3.05) is 6.61 Å². The van der Waals surface area contributed by atoms with Crippen LogP contribution in [0.25, 0.3) is 0 Å². The normalized spacial score (nSPS) is 23.0. The Morgan fingerprint density at radius 3 is 2.23 bits per heavy atom. The van der Waals surface area contributed by atoms with Crippen LogP contribution in [-0.4, -0.2) is 81.4 Å². The molecule has 0 bridgehead atoms. The first-order chi connectivity index (χ1) is 14.5. The number of halogens is 3. The molecule has 0 saturated carbocycles. The predicted molar refractivity (Wildman–Crippen MR) is 95.4 cm³/mol. The number of rotatable bonds is 7. The van der Waals surface area contributed by atoms with Crippen LogP contribution in [0.4, 0.5) is 13.2 Å². The fourth-order valence-electron chi connectivity index (χ4n) is 2.82. The largest absolute Gasteiger partial charge is 0.478 e. The number of carbonyl (C=O) groups excluding carboxylic acids is 2. The molecular weight excluding hydrogens is 429 g/mol. The van der Waals surface area contributed by atoms with Crippen molar-refractivity contribution >= 4 is 17.8 Å². The van der Waals surface area contributed by atoms with Gasteiger partial charge in [0.15, 0.2) is 0 Å². The number of carboxylic acid groups (broad SMARTS) is 1. The van der Waals surface area contributed by atoms with E-state index in [0.29, 0.717) is 0 Å². The van der Waals surface area contributed by atoms with Crippen LogP contribution in [0.3, 0.4) is 0 Å². The molecule has 1 aliphatic heterocycles. The summed E-state index contributed by atoms with van der Waals surface area (Å²) >= 11 is 0. The topological polar surface area (TPSA) is 165 Å². The number of hydrogen-bond donors (Lipinski definition) is 6. The third kappa shape index (κ3) is 5.93. The molecular formula is C18H19F3N2O8. The average Bonchev–Trinajstić information content (AvgIpc) is 2.73. The lowest BCUT2D eigenvalue weighted by Crippen LogP contribution is -2.65. The van der Waals surface area contributed by atoms with Gasteiger partial charge in [0, 0.05) is 5.56 Å². The van der Waals surface area contributed by atoms with Gasteiger partial charge in [-0.25, -0.2) is 4.79 Å². The van der Waals surface area contributed by atoms with Gasteiger partial charge in [-0.3, -0.25) is 9.59 Å². The van der Waals surface area contributed by atoms with Crippen LogP contribution < -0.4 is 10.6 Å². The molecule has 0 fully saturated rings. The van der Waals surface area contributed by atoms with Crippen LogP contribution in [0.5, 0.6) is 0 Å². The molecule has 2 amide bonds. The van der Waals surface area contributed by atoms with Crippen LogP contribution in [0.15, 0.2) is 42.2 Å². The Morgan fingerprint density at radius 2 is 1.71 bits per heavy atom. The summed E-state index contributed by atoms with van der Waals surface area (Å²) in [6.07, 6.45) is -10.6. The highest BCUT2D eigenvalue weighted by Crippen LogP contribution is 2.25. The van der Waals surface area contributed by atoms with Gasteiger partial charge in [-0.05, 0) is 18.2 Å². The fraction of sp³-hybridized carbons (Fsp3) is 0.389. The van der Waals surface area contributed by atoms with Crippen molar-refractivity contribution in [3.63, 3.8) is 0 Å². The van der Waals surface area contributed by atoms with Crippen molar-refractivity contribution in [1.29, 1.82) is 0 Å². The van der Waals surface area contributed by atoms with Crippen LogP contribution in [0.2, 0.25) is 0 Å². The number of benzene rings is 1. The van der Waals surface area contributed by atoms with Crippen molar-refractivity contribution in [3.8, 4) is 0 Å². The van der Waals surface area contributed by atoms with Crippen LogP contribution in [0.1, 0.15) is 10.4 Å². The Balaban J connectivity index is 2.45. The van der Waals surface area contributed by atoms with E-state index < -0.39 is 66.7 Å². The monoisotopic (exact) mass is 448 g/mol. The number of ether oxygens (including phenoxy) is 1. The first-order valence-electron chi connectivity index (χ1n) is 8.78. The van der Waals surface area contributed by atoms with Gasteiger partial charge in [0.05, 0.1) is 18.7 Å². The van der Waals surface area contributed by atoms with Crippen molar-refractivity contribution in [1.82, 2.24) is 10.6 Å². The van der Waals surface area contributed by atoms with E-state index in [1.54, 1.807) is 11.4 Å². The number of amides is 2. The number of aliphatic carboxylic acids is 1. The molecule has 170 valence electrons. The SMILES string of the molecule is O=C(O)C1=C[C@H](NC(=O)c2ccccc2)[C@@H](NC(=O)C(F)(F)F)[C@H]([C@H](O)[C@H](O)CO)O1. The van der Waals surface area contributed by atoms with E-state index in [1.807, 2.05) is 0 Å². The minimum atomic E-state index is -5.35. The van der Waals surface area contributed by atoms with Gasteiger partial charge in [0.1, 0.15) is 18.3 Å². The lowest BCUT2D eigenvalue weighted by Gasteiger charge is -2.40. The molecule has 2 rings (SSSR count).